The molecule has 0 aliphatic carbocycles. The Morgan fingerprint density at radius 2 is 2.05 bits per heavy atom. The lowest BCUT2D eigenvalue weighted by Crippen LogP contribution is -2.31. The summed E-state index contributed by atoms with van der Waals surface area (Å²) in [5.74, 6) is -0.316. The highest BCUT2D eigenvalue weighted by atomic mass is 16.5. The summed E-state index contributed by atoms with van der Waals surface area (Å²) in [5, 5.41) is 11.5. The summed E-state index contributed by atoms with van der Waals surface area (Å²) in [4.78, 5) is 22.5. The van der Waals surface area contributed by atoms with Crippen molar-refractivity contribution in [2.75, 3.05) is 13.7 Å². The van der Waals surface area contributed by atoms with Gasteiger partial charge in [-0.25, -0.2) is 0 Å². The number of hydrogen-bond acceptors (Lipinski definition) is 3. The number of carbonyl (C=O) groups excluding carboxylic acids is 1. The highest BCUT2D eigenvalue weighted by molar-refractivity contribution is 5.79. The second kappa shape index (κ2) is 8.19. The smallest absolute Gasteiger partial charge is 0.303 e. The normalized spacial score (nSPS) is 11.7. The van der Waals surface area contributed by atoms with Gasteiger partial charge in [0.1, 0.15) is 5.75 Å². The molecule has 1 atom stereocenters. The molecule has 1 aromatic rings. The van der Waals surface area contributed by atoms with Gasteiger partial charge in [-0.2, -0.15) is 0 Å². The molecule has 1 aromatic carbocycles. The molecule has 5 nitrogen and oxygen atoms in total. The fraction of sp³-hybridized carbons (Fsp3) is 0.467. The first kappa shape index (κ1) is 16.0. The van der Waals surface area contributed by atoms with Crippen molar-refractivity contribution in [1.82, 2.24) is 5.32 Å². The Kier molecular flexibility index (Phi) is 6.56. The summed E-state index contributed by atoms with van der Waals surface area (Å²) >= 11 is 0. The van der Waals surface area contributed by atoms with Crippen LogP contribution in [-0.4, -0.2) is 30.6 Å². The van der Waals surface area contributed by atoms with E-state index in [1.165, 1.54) is 0 Å². The average Bonchev–Trinajstić information content (AvgIpc) is 2.43. The van der Waals surface area contributed by atoms with E-state index in [0.29, 0.717) is 12.3 Å². The fourth-order valence-corrected chi connectivity index (χ4v) is 1.95. The Balaban J connectivity index is 2.49. The lowest BCUT2D eigenvalue weighted by molar-refractivity contribution is -0.138. The predicted octanol–water partition coefficient (Wildman–Crippen LogP) is 1.85. The molecule has 110 valence electrons. The van der Waals surface area contributed by atoms with E-state index in [2.05, 4.69) is 5.32 Å². The van der Waals surface area contributed by atoms with Gasteiger partial charge in [0, 0.05) is 18.5 Å². The van der Waals surface area contributed by atoms with Crippen LogP contribution in [0.3, 0.4) is 0 Å². The predicted molar refractivity (Wildman–Crippen MR) is 75.7 cm³/mol. The molecule has 0 aliphatic rings. The van der Waals surface area contributed by atoms with Crippen LogP contribution in [0.1, 0.15) is 25.3 Å². The van der Waals surface area contributed by atoms with Crippen molar-refractivity contribution in [2.24, 2.45) is 5.92 Å². The zero-order valence-electron chi connectivity index (χ0n) is 11.9. The molecule has 0 heterocycles. The van der Waals surface area contributed by atoms with E-state index in [9.17, 15) is 9.59 Å². The van der Waals surface area contributed by atoms with Gasteiger partial charge in [0.15, 0.2) is 0 Å². The van der Waals surface area contributed by atoms with E-state index < -0.39 is 5.97 Å². The van der Waals surface area contributed by atoms with E-state index >= 15 is 0 Å². The number of carbonyl (C=O) groups is 2. The van der Waals surface area contributed by atoms with Gasteiger partial charge in [-0.05, 0) is 12.0 Å². The fourth-order valence-electron chi connectivity index (χ4n) is 1.95. The molecule has 1 unspecified atom stereocenters. The Morgan fingerprint density at radius 1 is 1.35 bits per heavy atom. The molecule has 2 N–H and O–H groups in total. The molecule has 0 aliphatic heterocycles. The third-order valence-electron chi connectivity index (χ3n) is 3.17. The number of carboxylic acid groups (broad SMARTS) is 1. The summed E-state index contributed by atoms with van der Waals surface area (Å²) < 4.78 is 5.19. The highest BCUT2D eigenvalue weighted by Gasteiger charge is 2.13. The Bertz CT molecular complexity index is 459. The van der Waals surface area contributed by atoms with Crippen LogP contribution in [0.2, 0.25) is 0 Å². The maximum absolute atomic E-state index is 11.9. The number of ether oxygens (including phenoxy) is 1. The number of methoxy groups -OCH3 is 1. The van der Waals surface area contributed by atoms with Crippen LogP contribution in [0.5, 0.6) is 5.75 Å². The van der Waals surface area contributed by atoms with E-state index in [1.54, 1.807) is 7.11 Å². The Morgan fingerprint density at radius 3 is 2.65 bits per heavy atom. The number of benzene rings is 1. The topological polar surface area (TPSA) is 75.6 Å². The minimum Gasteiger partial charge on any atom is -0.496 e. The molecule has 20 heavy (non-hydrogen) atoms. The van der Waals surface area contributed by atoms with Crippen LogP contribution in [0, 0.1) is 5.92 Å². The molecule has 0 bridgehead atoms. The maximum Gasteiger partial charge on any atom is 0.303 e. The number of rotatable bonds is 8. The van der Waals surface area contributed by atoms with Crippen molar-refractivity contribution in [1.29, 1.82) is 0 Å². The van der Waals surface area contributed by atoms with Crippen LogP contribution < -0.4 is 10.1 Å². The molecular weight excluding hydrogens is 258 g/mol. The maximum atomic E-state index is 11.9. The molecule has 1 amide bonds. The second-order valence-electron chi connectivity index (χ2n) is 4.66. The Hall–Kier alpha value is -2.04. The molecule has 0 fully saturated rings. The lowest BCUT2D eigenvalue weighted by atomic mass is 10.0. The molecular formula is C15H21NO4. The zero-order chi connectivity index (χ0) is 15.0. The number of carboxylic acids is 1. The molecule has 0 aromatic heterocycles. The largest absolute Gasteiger partial charge is 0.496 e. The van der Waals surface area contributed by atoms with Gasteiger partial charge in [0.2, 0.25) is 5.91 Å². The van der Waals surface area contributed by atoms with Crippen molar-refractivity contribution in [2.45, 2.75) is 26.2 Å². The zero-order valence-corrected chi connectivity index (χ0v) is 11.9. The van der Waals surface area contributed by atoms with Gasteiger partial charge in [0.05, 0.1) is 13.5 Å². The van der Waals surface area contributed by atoms with Crippen LogP contribution in [0.25, 0.3) is 0 Å². The minimum atomic E-state index is -0.837. The standard InChI is InChI=1S/C15H21NO4/c1-3-11(8-15(18)19)10-16-14(17)9-12-6-4-5-7-13(12)20-2/h4-7,11H,3,8-10H2,1-2H3,(H,16,17)(H,18,19). The molecule has 0 spiro atoms. The SMILES string of the molecule is CCC(CNC(=O)Cc1ccccc1OC)CC(=O)O. The quantitative estimate of drug-likeness (QED) is 0.761. The average molecular weight is 279 g/mol. The highest BCUT2D eigenvalue weighted by Crippen LogP contribution is 2.17. The molecule has 5 heteroatoms. The summed E-state index contributed by atoms with van der Waals surface area (Å²) in [7, 11) is 1.57. The lowest BCUT2D eigenvalue weighted by Gasteiger charge is -2.14. The first-order chi connectivity index (χ1) is 9.56. The van der Waals surface area contributed by atoms with Gasteiger partial charge in [-0.3, -0.25) is 9.59 Å². The number of nitrogens with one attached hydrogen (secondary N) is 1. The summed E-state index contributed by atoms with van der Waals surface area (Å²) in [6, 6.07) is 7.35. The summed E-state index contributed by atoms with van der Waals surface area (Å²) in [6.07, 6.45) is 1.03. The first-order valence-corrected chi connectivity index (χ1v) is 6.67. The van der Waals surface area contributed by atoms with Gasteiger partial charge in [0.25, 0.3) is 0 Å². The summed E-state index contributed by atoms with van der Waals surface area (Å²) in [6.45, 7) is 2.30. The van der Waals surface area contributed by atoms with Crippen LogP contribution in [0.4, 0.5) is 0 Å². The molecule has 0 radical (unpaired) electrons. The van der Waals surface area contributed by atoms with Crippen LogP contribution in [0.15, 0.2) is 24.3 Å². The van der Waals surface area contributed by atoms with Crippen LogP contribution >= 0.6 is 0 Å². The number of hydrogen-bond donors (Lipinski definition) is 2. The molecule has 0 saturated heterocycles. The van der Waals surface area contributed by atoms with Crippen molar-refractivity contribution < 1.29 is 19.4 Å². The first-order valence-electron chi connectivity index (χ1n) is 6.67. The van der Waals surface area contributed by atoms with E-state index in [-0.39, 0.29) is 24.7 Å². The van der Waals surface area contributed by atoms with E-state index in [1.807, 2.05) is 31.2 Å². The van der Waals surface area contributed by atoms with Crippen molar-refractivity contribution in [3.63, 3.8) is 0 Å². The third-order valence-corrected chi connectivity index (χ3v) is 3.17. The van der Waals surface area contributed by atoms with Crippen LogP contribution in [-0.2, 0) is 16.0 Å². The second-order valence-corrected chi connectivity index (χ2v) is 4.66. The van der Waals surface area contributed by atoms with E-state index in [4.69, 9.17) is 9.84 Å². The number of aliphatic carboxylic acids is 1. The van der Waals surface area contributed by atoms with Crippen molar-refractivity contribution in [3.05, 3.63) is 29.8 Å². The minimum absolute atomic E-state index is 0.0332. The molecule has 0 saturated carbocycles. The van der Waals surface area contributed by atoms with Gasteiger partial charge in [-0.15, -0.1) is 0 Å². The third kappa shape index (κ3) is 5.30. The number of amides is 1. The summed E-state index contributed by atoms with van der Waals surface area (Å²) in [5.41, 5.74) is 0.818. The number of para-hydroxylation sites is 1. The van der Waals surface area contributed by atoms with E-state index in [0.717, 1.165) is 12.0 Å². The van der Waals surface area contributed by atoms with Gasteiger partial charge in [-0.1, -0.05) is 31.5 Å². The van der Waals surface area contributed by atoms with Gasteiger partial charge >= 0.3 is 5.97 Å². The monoisotopic (exact) mass is 279 g/mol. The van der Waals surface area contributed by atoms with Crippen molar-refractivity contribution in [3.8, 4) is 5.75 Å². The van der Waals surface area contributed by atoms with Crippen molar-refractivity contribution >= 4 is 11.9 Å². The Labute approximate surface area is 118 Å². The molecule has 1 rings (SSSR count). The van der Waals surface area contributed by atoms with Gasteiger partial charge < -0.3 is 15.2 Å².